The lowest BCUT2D eigenvalue weighted by Crippen LogP contribution is -2.03. The molecular formula is C19H17FN2O3. The van der Waals surface area contributed by atoms with Gasteiger partial charge in [0.1, 0.15) is 35.4 Å². The molecule has 6 heteroatoms. The fourth-order valence-corrected chi connectivity index (χ4v) is 2.33. The number of hydrogen-bond acceptors (Lipinski definition) is 4. The van der Waals surface area contributed by atoms with E-state index in [1.807, 2.05) is 6.92 Å². The average Bonchev–Trinajstić information content (AvgIpc) is 3.18. The molecule has 1 aromatic carbocycles. The molecule has 3 rings (SSSR count). The van der Waals surface area contributed by atoms with Crippen molar-refractivity contribution < 1.29 is 18.3 Å². The second-order valence-electron chi connectivity index (χ2n) is 5.54. The predicted molar refractivity (Wildman–Crippen MR) is 90.7 cm³/mol. The van der Waals surface area contributed by atoms with Crippen LogP contribution in [0.2, 0.25) is 0 Å². The molecule has 0 aliphatic heterocycles. The Morgan fingerprint density at radius 2 is 2.04 bits per heavy atom. The van der Waals surface area contributed by atoms with Crippen molar-refractivity contribution in [1.82, 2.24) is 9.78 Å². The molecule has 0 saturated heterocycles. The number of rotatable bonds is 6. The number of carbonyl (C=O) groups excluding carboxylic acids is 1. The number of ether oxygens (including phenoxy) is 1. The standard InChI is InChI=1S/C19H17FN2O3/c1-13-11-18(22(2)21-13)19(23)10-9-16-7-8-17(25-16)12-24-15-5-3-14(20)4-6-15/h3-11H,12H2,1-2H3/b10-9-. The van der Waals surface area contributed by atoms with Crippen molar-refractivity contribution in [2.75, 3.05) is 0 Å². The molecule has 0 saturated carbocycles. The van der Waals surface area contributed by atoms with Crippen LogP contribution in [0, 0.1) is 12.7 Å². The summed E-state index contributed by atoms with van der Waals surface area (Å²) in [5, 5.41) is 4.15. The molecule has 0 bridgehead atoms. The first-order valence-corrected chi connectivity index (χ1v) is 7.71. The number of ketones is 1. The third-order valence-electron chi connectivity index (χ3n) is 3.53. The summed E-state index contributed by atoms with van der Waals surface area (Å²) in [5.74, 6) is 1.24. The molecule has 0 aliphatic rings. The van der Waals surface area contributed by atoms with Crippen LogP contribution in [0.3, 0.4) is 0 Å². The molecule has 2 aromatic heterocycles. The van der Waals surface area contributed by atoms with Gasteiger partial charge < -0.3 is 9.15 Å². The number of allylic oxidation sites excluding steroid dienone is 1. The number of furan rings is 1. The maximum atomic E-state index is 12.8. The van der Waals surface area contributed by atoms with Gasteiger partial charge in [0.05, 0.1) is 5.69 Å². The molecule has 2 heterocycles. The SMILES string of the molecule is Cc1cc(C(=O)/C=C\c2ccc(COc3ccc(F)cc3)o2)n(C)n1. The van der Waals surface area contributed by atoms with Gasteiger partial charge in [0, 0.05) is 7.05 Å². The minimum Gasteiger partial charge on any atom is -0.486 e. The number of aryl methyl sites for hydroxylation is 2. The zero-order chi connectivity index (χ0) is 17.8. The van der Waals surface area contributed by atoms with Gasteiger partial charge in [-0.05, 0) is 61.5 Å². The van der Waals surface area contributed by atoms with E-state index in [2.05, 4.69) is 5.10 Å². The summed E-state index contributed by atoms with van der Waals surface area (Å²) in [4.78, 5) is 12.2. The fourth-order valence-electron chi connectivity index (χ4n) is 2.33. The van der Waals surface area contributed by atoms with Crippen molar-refractivity contribution in [3.63, 3.8) is 0 Å². The molecule has 0 radical (unpaired) electrons. The molecule has 0 fully saturated rings. The van der Waals surface area contributed by atoms with Gasteiger partial charge in [-0.25, -0.2) is 4.39 Å². The lowest BCUT2D eigenvalue weighted by molar-refractivity contribution is 0.103. The van der Waals surface area contributed by atoms with Gasteiger partial charge >= 0.3 is 0 Å². The van der Waals surface area contributed by atoms with Gasteiger partial charge in [-0.2, -0.15) is 5.10 Å². The largest absolute Gasteiger partial charge is 0.486 e. The van der Waals surface area contributed by atoms with Crippen LogP contribution >= 0.6 is 0 Å². The molecule has 0 aliphatic carbocycles. The smallest absolute Gasteiger partial charge is 0.203 e. The highest BCUT2D eigenvalue weighted by atomic mass is 19.1. The third-order valence-corrected chi connectivity index (χ3v) is 3.53. The Morgan fingerprint density at radius 3 is 2.72 bits per heavy atom. The Morgan fingerprint density at radius 1 is 1.28 bits per heavy atom. The van der Waals surface area contributed by atoms with E-state index in [0.29, 0.717) is 23.0 Å². The van der Waals surface area contributed by atoms with Crippen LogP contribution in [0.5, 0.6) is 5.75 Å². The highest BCUT2D eigenvalue weighted by Gasteiger charge is 2.09. The molecule has 0 N–H and O–H groups in total. The lowest BCUT2D eigenvalue weighted by Gasteiger charge is -2.03. The number of aromatic nitrogens is 2. The van der Waals surface area contributed by atoms with Crippen molar-refractivity contribution >= 4 is 11.9 Å². The Labute approximate surface area is 144 Å². The van der Waals surface area contributed by atoms with Gasteiger partial charge in [-0.3, -0.25) is 9.48 Å². The molecule has 25 heavy (non-hydrogen) atoms. The highest BCUT2D eigenvalue weighted by molar-refractivity contribution is 6.05. The zero-order valence-electron chi connectivity index (χ0n) is 13.9. The number of nitrogens with zero attached hydrogens (tertiary/aromatic N) is 2. The van der Waals surface area contributed by atoms with E-state index in [1.165, 1.54) is 18.2 Å². The molecule has 0 atom stereocenters. The van der Waals surface area contributed by atoms with Crippen molar-refractivity contribution in [3.05, 3.63) is 77.3 Å². The van der Waals surface area contributed by atoms with Gasteiger partial charge in [0.2, 0.25) is 5.78 Å². The summed E-state index contributed by atoms with van der Waals surface area (Å²) in [6, 6.07) is 11.0. The first kappa shape index (κ1) is 16.7. The Bertz CT molecular complexity index is 907. The second kappa shape index (κ2) is 7.17. The maximum Gasteiger partial charge on any atom is 0.203 e. The monoisotopic (exact) mass is 340 g/mol. The van der Waals surface area contributed by atoms with Gasteiger partial charge in [0.25, 0.3) is 0 Å². The van der Waals surface area contributed by atoms with Crippen molar-refractivity contribution in [3.8, 4) is 5.75 Å². The summed E-state index contributed by atoms with van der Waals surface area (Å²) in [6.45, 7) is 2.05. The van der Waals surface area contributed by atoms with Crippen LogP contribution in [0.1, 0.15) is 27.7 Å². The van der Waals surface area contributed by atoms with Crippen LogP contribution < -0.4 is 4.74 Å². The minimum absolute atomic E-state index is 0.149. The van der Waals surface area contributed by atoms with Crippen LogP contribution in [-0.2, 0) is 13.7 Å². The average molecular weight is 340 g/mol. The van der Waals surface area contributed by atoms with Crippen LogP contribution in [0.4, 0.5) is 4.39 Å². The summed E-state index contributed by atoms with van der Waals surface area (Å²) in [5.41, 5.74) is 1.30. The number of benzene rings is 1. The summed E-state index contributed by atoms with van der Waals surface area (Å²) in [7, 11) is 1.73. The zero-order valence-corrected chi connectivity index (χ0v) is 13.9. The summed E-state index contributed by atoms with van der Waals surface area (Å²) in [6.07, 6.45) is 3.05. The van der Waals surface area contributed by atoms with E-state index in [1.54, 1.807) is 48.1 Å². The van der Waals surface area contributed by atoms with Crippen LogP contribution in [-0.4, -0.2) is 15.6 Å². The molecule has 128 valence electrons. The van der Waals surface area contributed by atoms with E-state index in [0.717, 1.165) is 5.69 Å². The van der Waals surface area contributed by atoms with E-state index in [-0.39, 0.29) is 18.2 Å². The number of halogens is 1. The van der Waals surface area contributed by atoms with Gasteiger partial charge in [0.15, 0.2) is 0 Å². The first-order valence-electron chi connectivity index (χ1n) is 7.71. The molecule has 0 spiro atoms. The summed E-state index contributed by atoms with van der Waals surface area (Å²) >= 11 is 0. The first-order chi connectivity index (χ1) is 12.0. The molecular weight excluding hydrogens is 323 g/mol. The predicted octanol–water partition coefficient (Wildman–Crippen LogP) is 3.94. The quantitative estimate of drug-likeness (QED) is 0.504. The number of hydrogen-bond donors (Lipinski definition) is 0. The normalized spacial score (nSPS) is 11.2. The van der Waals surface area contributed by atoms with E-state index in [9.17, 15) is 9.18 Å². The Hall–Kier alpha value is -3.15. The third kappa shape index (κ3) is 4.23. The topological polar surface area (TPSA) is 57.3 Å². The molecule has 0 unspecified atom stereocenters. The fraction of sp³-hybridized carbons (Fsp3) is 0.158. The minimum atomic E-state index is -0.314. The lowest BCUT2D eigenvalue weighted by atomic mass is 10.2. The van der Waals surface area contributed by atoms with Crippen LogP contribution in [0.25, 0.3) is 6.08 Å². The van der Waals surface area contributed by atoms with E-state index < -0.39 is 0 Å². The van der Waals surface area contributed by atoms with Crippen LogP contribution in [0.15, 0.2) is 53.0 Å². The Kier molecular flexibility index (Phi) is 4.79. The maximum absolute atomic E-state index is 12.8. The van der Waals surface area contributed by atoms with E-state index >= 15 is 0 Å². The highest BCUT2D eigenvalue weighted by Crippen LogP contribution is 2.16. The van der Waals surface area contributed by atoms with E-state index in [4.69, 9.17) is 9.15 Å². The molecule has 0 amide bonds. The Balaban J connectivity index is 1.60. The molecule has 5 nitrogen and oxygen atoms in total. The van der Waals surface area contributed by atoms with Gasteiger partial charge in [-0.15, -0.1) is 0 Å². The van der Waals surface area contributed by atoms with Crippen molar-refractivity contribution in [2.45, 2.75) is 13.5 Å². The van der Waals surface area contributed by atoms with Gasteiger partial charge in [-0.1, -0.05) is 0 Å². The van der Waals surface area contributed by atoms with Crippen molar-refractivity contribution in [2.24, 2.45) is 7.05 Å². The summed E-state index contributed by atoms with van der Waals surface area (Å²) < 4.78 is 25.5. The molecule has 3 aromatic rings. The number of carbonyl (C=O) groups is 1. The second-order valence-corrected chi connectivity index (χ2v) is 5.54. The van der Waals surface area contributed by atoms with Crippen molar-refractivity contribution in [1.29, 1.82) is 0 Å².